The van der Waals surface area contributed by atoms with Crippen molar-refractivity contribution >= 4 is 0 Å². The zero-order valence-electron chi connectivity index (χ0n) is 17.5. The highest BCUT2D eigenvalue weighted by Gasteiger charge is 2.32. The van der Waals surface area contributed by atoms with Crippen LogP contribution >= 0.6 is 0 Å². The minimum atomic E-state index is -0.871. The lowest BCUT2D eigenvalue weighted by Crippen LogP contribution is -2.34. The van der Waals surface area contributed by atoms with Gasteiger partial charge in [-0.2, -0.15) is 5.26 Å². The zero-order valence-corrected chi connectivity index (χ0v) is 17.5. The normalized spacial score (nSPS) is 27.5. The Bertz CT molecular complexity index is 664. The van der Waals surface area contributed by atoms with E-state index in [1.165, 1.54) is 70.3 Å². The van der Waals surface area contributed by atoms with E-state index >= 15 is 0 Å². The fourth-order valence-corrected chi connectivity index (χ4v) is 4.80. The van der Waals surface area contributed by atoms with E-state index in [0.29, 0.717) is 30.6 Å². The number of nitrogens with zero attached hydrogens (tertiary/aromatic N) is 1. The van der Waals surface area contributed by atoms with Crippen molar-refractivity contribution in [3.05, 3.63) is 34.9 Å². The van der Waals surface area contributed by atoms with Crippen LogP contribution < -0.4 is 0 Å². The van der Waals surface area contributed by atoms with Crippen LogP contribution in [-0.4, -0.2) is 13.2 Å². The van der Waals surface area contributed by atoms with E-state index in [-0.39, 0.29) is 0 Å². The molecule has 0 bridgehead atoms. The molecule has 0 spiro atoms. The van der Waals surface area contributed by atoms with Crippen LogP contribution in [0, 0.1) is 40.7 Å². The van der Waals surface area contributed by atoms with Gasteiger partial charge in [-0.3, -0.25) is 0 Å². The fraction of sp³-hybridized carbons (Fsp3) is 0.708. The quantitative estimate of drug-likeness (QED) is 0.454. The van der Waals surface area contributed by atoms with Crippen LogP contribution in [0.1, 0.15) is 88.5 Å². The molecule has 3 rings (SSSR count). The lowest BCUT2D eigenvalue weighted by molar-refractivity contribution is -0.215. The van der Waals surface area contributed by atoms with E-state index in [1.807, 2.05) is 0 Å². The summed E-state index contributed by atoms with van der Waals surface area (Å²) in [6.45, 7) is 3.36. The molecular weight excluding hydrogens is 372 g/mol. The Balaban J connectivity index is 1.41. The molecule has 2 aliphatic rings. The minimum absolute atomic E-state index is 0.296. The van der Waals surface area contributed by atoms with Crippen LogP contribution in [0.2, 0.25) is 0 Å². The maximum absolute atomic E-state index is 13.8. The van der Waals surface area contributed by atoms with Gasteiger partial charge in [-0.1, -0.05) is 58.3 Å². The highest BCUT2D eigenvalue weighted by atomic mass is 19.1. The van der Waals surface area contributed by atoms with E-state index in [4.69, 9.17) is 14.7 Å². The second-order valence-electron chi connectivity index (χ2n) is 8.71. The van der Waals surface area contributed by atoms with Crippen molar-refractivity contribution in [2.75, 3.05) is 13.2 Å². The van der Waals surface area contributed by atoms with E-state index in [0.717, 1.165) is 18.1 Å². The Kier molecular flexibility index (Phi) is 8.44. The summed E-state index contributed by atoms with van der Waals surface area (Å²) in [5, 5.41) is 8.79. The summed E-state index contributed by atoms with van der Waals surface area (Å²) in [6.07, 6.45) is 12.4. The summed E-state index contributed by atoms with van der Waals surface area (Å²) >= 11 is 0. The predicted molar refractivity (Wildman–Crippen MR) is 108 cm³/mol. The second-order valence-corrected chi connectivity index (χ2v) is 8.71. The Hall–Kier alpha value is -1.51. The monoisotopic (exact) mass is 405 g/mol. The van der Waals surface area contributed by atoms with Crippen molar-refractivity contribution in [2.45, 2.75) is 77.4 Å². The van der Waals surface area contributed by atoms with Gasteiger partial charge in [0.25, 0.3) is 0 Å². The molecule has 0 radical (unpaired) electrons. The van der Waals surface area contributed by atoms with Gasteiger partial charge in [0.2, 0.25) is 0 Å². The molecule has 1 heterocycles. The molecule has 0 amide bonds. The third kappa shape index (κ3) is 5.99. The summed E-state index contributed by atoms with van der Waals surface area (Å²) < 4.78 is 39.3. The Morgan fingerprint density at radius 3 is 2.14 bits per heavy atom. The number of ether oxygens (including phenoxy) is 2. The molecule has 1 saturated heterocycles. The molecule has 1 aromatic carbocycles. The SMILES string of the molecule is CCCCCCCC1CCC(C2COC(c3cc(F)c(C#N)c(F)c3)OC2)CC1. The highest BCUT2D eigenvalue weighted by molar-refractivity contribution is 5.35. The second kappa shape index (κ2) is 11.0. The summed E-state index contributed by atoms with van der Waals surface area (Å²) in [5.41, 5.74) is -0.270. The molecule has 0 aromatic heterocycles. The lowest BCUT2D eigenvalue weighted by atomic mass is 9.74. The molecular formula is C24H33F2NO2. The Morgan fingerprint density at radius 1 is 0.931 bits per heavy atom. The molecule has 160 valence electrons. The number of rotatable bonds is 8. The number of nitriles is 1. The number of hydrogen-bond donors (Lipinski definition) is 0. The number of hydrogen-bond acceptors (Lipinski definition) is 3. The van der Waals surface area contributed by atoms with Crippen LogP contribution in [0.15, 0.2) is 12.1 Å². The summed E-state index contributed by atoms with van der Waals surface area (Å²) in [6, 6.07) is 3.81. The predicted octanol–water partition coefficient (Wildman–Crippen LogP) is 6.66. The molecule has 3 nitrogen and oxygen atoms in total. The van der Waals surface area contributed by atoms with E-state index < -0.39 is 23.5 Å². The molecule has 0 unspecified atom stereocenters. The third-order valence-electron chi connectivity index (χ3n) is 6.65. The van der Waals surface area contributed by atoms with E-state index in [9.17, 15) is 8.78 Å². The Labute approximate surface area is 173 Å². The van der Waals surface area contributed by atoms with Gasteiger partial charge in [-0.15, -0.1) is 0 Å². The average molecular weight is 406 g/mol. The third-order valence-corrected chi connectivity index (χ3v) is 6.65. The maximum Gasteiger partial charge on any atom is 0.184 e. The molecule has 1 aromatic rings. The standard InChI is InChI=1S/C24H33F2NO2/c1-2-3-4-5-6-7-17-8-10-18(11-9-17)20-15-28-24(29-16-20)19-12-22(25)21(14-27)23(26)13-19/h12-13,17-18,20,24H,2-11,15-16H2,1H3. The lowest BCUT2D eigenvalue weighted by Gasteiger charge is -2.38. The molecule has 1 aliphatic heterocycles. The van der Waals surface area contributed by atoms with Crippen molar-refractivity contribution in [1.29, 1.82) is 5.26 Å². The fourth-order valence-electron chi connectivity index (χ4n) is 4.80. The van der Waals surface area contributed by atoms with Crippen molar-refractivity contribution < 1.29 is 18.3 Å². The first-order valence-electron chi connectivity index (χ1n) is 11.2. The number of unbranched alkanes of at least 4 members (excludes halogenated alkanes) is 4. The molecule has 1 aliphatic carbocycles. The van der Waals surface area contributed by atoms with Crippen molar-refractivity contribution in [2.24, 2.45) is 17.8 Å². The number of halogens is 2. The van der Waals surface area contributed by atoms with E-state index in [1.54, 1.807) is 0 Å². The van der Waals surface area contributed by atoms with Crippen molar-refractivity contribution in [3.8, 4) is 6.07 Å². The van der Waals surface area contributed by atoms with Gasteiger partial charge < -0.3 is 9.47 Å². The molecule has 0 N–H and O–H groups in total. The van der Waals surface area contributed by atoms with Gasteiger partial charge in [0.05, 0.1) is 13.2 Å². The number of benzene rings is 1. The largest absolute Gasteiger partial charge is 0.348 e. The molecule has 0 atom stereocenters. The topological polar surface area (TPSA) is 42.2 Å². The summed E-state index contributed by atoms with van der Waals surface area (Å²) in [7, 11) is 0. The van der Waals surface area contributed by atoms with Crippen LogP contribution in [0.5, 0.6) is 0 Å². The van der Waals surface area contributed by atoms with Gasteiger partial charge in [0.15, 0.2) is 6.29 Å². The van der Waals surface area contributed by atoms with Gasteiger partial charge in [0.1, 0.15) is 23.3 Å². The molecule has 29 heavy (non-hydrogen) atoms. The highest BCUT2D eigenvalue weighted by Crippen LogP contribution is 2.39. The smallest absolute Gasteiger partial charge is 0.184 e. The summed E-state index contributed by atoms with van der Waals surface area (Å²) in [5.74, 6) is 0.0943. The van der Waals surface area contributed by atoms with Gasteiger partial charge >= 0.3 is 0 Å². The first-order valence-corrected chi connectivity index (χ1v) is 11.2. The first-order chi connectivity index (χ1) is 14.1. The van der Waals surface area contributed by atoms with Crippen LogP contribution in [0.3, 0.4) is 0 Å². The minimum Gasteiger partial charge on any atom is -0.348 e. The van der Waals surface area contributed by atoms with Crippen LogP contribution in [0.4, 0.5) is 8.78 Å². The van der Waals surface area contributed by atoms with Gasteiger partial charge in [0, 0.05) is 11.5 Å². The van der Waals surface area contributed by atoms with Crippen LogP contribution in [0.25, 0.3) is 0 Å². The first kappa shape index (κ1) is 22.2. The maximum atomic E-state index is 13.8. The molecule has 1 saturated carbocycles. The average Bonchev–Trinajstić information content (AvgIpc) is 2.74. The zero-order chi connectivity index (χ0) is 20.6. The van der Waals surface area contributed by atoms with Crippen molar-refractivity contribution in [1.82, 2.24) is 0 Å². The van der Waals surface area contributed by atoms with E-state index in [2.05, 4.69) is 6.92 Å². The molecule has 2 fully saturated rings. The molecule has 5 heteroatoms. The van der Waals surface area contributed by atoms with Gasteiger partial charge in [-0.25, -0.2) is 8.78 Å². The summed E-state index contributed by atoms with van der Waals surface area (Å²) in [4.78, 5) is 0. The van der Waals surface area contributed by atoms with Gasteiger partial charge in [-0.05, 0) is 36.8 Å². The van der Waals surface area contributed by atoms with Crippen molar-refractivity contribution in [3.63, 3.8) is 0 Å². The Morgan fingerprint density at radius 2 is 1.55 bits per heavy atom. The van der Waals surface area contributed by atoms with Crippen LogP contribution in [-0.2, 0) is 9.47 Å².